The van der Waals surface area contributed by atoms with Crippen molar-refractivity contribution in [2.45, 2.75) is 0 Å². The van der Waals surface area contributed by atoms with E-state index in [0.29, 0.717) is 10.7 Å². The van der Waals surface area contributed by atoms with Gasteiger partial charge in [-0.3, -0.25) is 15.1 Å². The fourth-order valence-electron chi connectivity index (χ4n) is 2.33. The van der Waals surface area contributed by atoms with E-state index >= 15 is 0 Å². The predicted octanol–water partition coefficient (Wildman–Crippen LogP) is 3.64. The van der Waals surface area contributed by atoms with Gasteiger partial charge in [0.2, 0.25) is 0 Å². The van der Waals surface area contributed by atoms with E-state index in [-0.39, 0.29) is 5.91 Å². The molecule has 0 aliphatic heterocycles. The second-order valence-electron chi connectivity index (χ2n) is 5.23. The molecule has 0 unspecified atom stereocenters. The number of hydrogen-bond donors (Lipinski definition) is 1. The average molecular weight is 347 g/mol. The molecule has 3 heterocycles. The molecule has 25 heavy (non-hydrogen) atoms. The molecule has 122 valence electrons. The van der Waals surface area contributed by atoms with Crippen molar-refractivity contribution >= 4 is 22.4 Å². The molecular weight excluding hydrogens is 334 g/mol. The second kappa shape index (κ2) is 6.66. The Hall–Kier alpha value is -3.32. The molecule has 7 heteroatoms. The quantitative estimate of drug-likeness (QED) is 0.612. The van der Waals surface area contributed by atoms with Crippen molar-refractivity contribution in [2.24, 2.45) is 0 Å². The maximum Gasteiger partial charge on any atom is 0.257 e. The zero-order valence-electron chi connectivity index (χ0n) is 13.0. The third-order valence-electron chi connectivity index (χ3n) is 3.58. The van der Waals surface area contributed by atoms with Crippen LogP contribution in [0, 0.1) is 0 Å². The lowest BCUT2D eigenvalue weighted by molar-refractivity contribution is 0.102. The first-order chi connectivity index (χ1) is 12.3. The molecule has 0 saturated carbocycles. The molecule has 0 radical (unpaired) electrons. The Morgan fingerprint density at radius 3 is 2.68 bits per heavy atom. The van der Waals surface area contributed by atoms with E-state index in [9.17, 15) is 4.79 Å². The molecule has 0 atom stereocenters. The van der Waals surface area contributed by atoms with E-state index < -0.39 is 0 Å². The number of carbonyl (C=O) groups excluding carboxylic acids is 1. The van der Waals surface area contributed by atoms with Gasteiger partial charge in [-0.2, -0.15) is 5.10 Å². The van der Waals surface area contributed by atoms with E-state index in [1.807, 2.05) is 41.9 Å². The zero-order valence-corrected chi connectivity index (χ0v) is 13.9. The molecule has 1 aromatic carbocycles. The van der Waals surface area contributed by atoms with Crippen molar-refractivity contribution in [3.8, 4) is 16.9 Å². The van der Waals surface area contributed by atoms with E-state index in [2.05, 4.69) is 20.4 Å². The van der Waals surface area contributed by atoms with Crippen molar-refractivity contribution in [1.82, 2.24) is 19.7 Å². The summed E-state index contributed by atoms with van der Waals surface area (Å²) < 4.78 is 1.74. The van der Waals surface area contributed by atoms with Gasteiger partial charge in [0.25, 0.3) is 5.91 Å². The minimum atomic E-state index is -0.195. The first-order valence-electron chi connectivity index (χ1n) is 7.57. The van der Waals surface area contributed by atoms with Gasteiger partial charge in [-0.05, 0) is 42.5 Å². The van der Waals surface area contributed by atoms with E-state index in [4.69, 9.17) is 0 Å². The van der Waals surface area contributed by atoms with E-state index in [1.165, 1.54) is 11.3 Å². The molecular formula is C18H13N5OS. The number of rotatable bonds is 4. The number of nitrogens with one attached hydrogen (secondary N) is 1. The molecule has 3 aromatic heterocycles. The predicted molar refractivity (Wildman–Crippen MR) is 96.9 cm³/mol. The van der Waals surface area contributed by atoms with Crippen molar-refractivity contribution in [2.75, 3.05) is 5.32 Å². The van der Waals surface area contributed by atoms with Gasteiger partial charge in [0, 0.05) is 41.3 Å². The van der Waals surface area contributed by atoms with Crippen molar-refractivity contribution in [1.29, 1.82) is 0 Å². The van der Waals surface area contributed by atoms with Gasteiger partial charge in [-0.15, -0.1) is 11.3 Å². The maximum absolute atomic E-state index is 12.4. The molecule has 0 fully saturated rings. The summed E-state index contributed by atoms with van der Waals surface area (Å²) in [6.45, 7) is 0. The van der Waals surface area contributed by atoms with Crippen LogP contribution in [0.1, 0.15) is 10.4 Å². The number of anilines is 1. The second-order valence-corrected chi connectivity index (χ2v) is 6.09. The summed E-state index contributed by atoms with van der Waals surface area (Å²) in [6, 6.07) is 12.9. The molecule has 1 N–H and O–H groups in total. The largest absolute Gasteiger partial charge is 0.298 e. The number of aromatic nitrogens is 4. The number of thiazole rings is 1. The van der Waals surface area contributed by atoms with Crippen LogP contribution in [0.15, 0.2) is 72.6 Å². The molecule has 0 aliphatic rings. The summed E-state index contributed by atoms with van der Waals surface area (Å²) in [5.41, 5.74) is 3.17. The van der Waals surface area contributed by atoms with Crippen LogP contribution < -0.4 is 5.32 Å². The molecule has 4 aromatic rings. The lowest BCUT2D eigenvalue weighted by atomic mass is 10.2. The van der Waals surface area contributed by atoms with Crippen molar-refractivity contribution in [3.05, 3.63) is 78.2 Å². The average Bonchev–Trinajstić information content (AvgIpc) is 3.35. The number of benzene rings is 1. The van der Waals surface area contributed by atoms with Gasteiger partial charge in [-0.1, -0.05) is 0 Å². The van der Waals surface area contributed by atoms with Crippen LogP contribution in [0.4, 0.5) is 5.13 Å². The Kier molecular flexibility index (Phi) is 4.05. The summed E-state index contributed by atoms with van der Waals surface area (Å²) in [4.78, 5) is 20.9. The fraction of sp³-hybridized carbons (Fsp3) is 0. The Morgan fingerprint density at radius 2 is 1.96 bits per heavy atom. The van der Waals surface area contributed by atoms with Gasteiger partial charge in [0.15, 0.2) is 5.13 Å². The molecule has 0 aliphatic carbocycles. The molecule has 0 saturated heterocycles. The van der Waals surface area contributed by atoms with Gasteiger partial charge in [0.05, 0.1) is 11.4 Å². The lowest BCUT2D eigenvalue weighted by Gasteiger charge is -2.04. The Morgan fingerprint density at radius 1 is 1.08 bits per heavy atom. The normalized spacial score (nSPS) is 10.6. The molecule has 0 spiro atoms. The number of carbonyl (C=O) groups is 1. The highest BCUT2D eigenvalue weighted by molar-refractivity contribution is 7.14. The number of pyridine rings is 1. The number of hydrogen-bond acceptors (Lipinski definition) is 5. The number of amides is 1. The first kappa shape index (κ1) is 15.2. The topological polar surface area (TPSA) is 72.7 Å². The van der Waals surface area contributed by atoms with Crippen LogP contribution in [-0.2, 0) is 0 Å². The highest BCUT2D eigenvalue weighted by atomic mass is 32.1. The standard InChI is InChI=1S/C18H13N5OS/c24-17(13-4-6-15(7-5-13)23-10-2-9-20-23)22-18-21-16(12-25-18)14-3-1-8-19-11-14/h1-12H,(H,21,22,24). The molecule has 0 bridgehead atoms. The lowest BCUT2D eigenvalue weighted by Crippen LogP contribution is -2.11. The van der Waals surface area contributed by atoms with Crippen LogP contribution in [0.3, 0.4) is 0 Å². The van der Waals surface area contributed by atoms with Gasteiger partial charge in [0.1, 0.15) is 0 Å². The van der Waals surface area contributed by atoms with Crippen LogP contribution in [-0.4, -0.2) is 25.7 Å². The minimum absolute atomic E-state index is 0.195. The molecule has 4 rings (SSSR count). The Balaban J connectivity index is 1.48. The smallest absolute Gasteiger partial charge is 0.257 e. The maximum atomic E-state index is 12.4. The number of nitrogens with zero attached hydrogens (tertiary/aromatic N) is 4. The van der Waals surface area contributed by atoms with Crippen molar-refractivity contribution < 1.29 is 4.79 Å². The van der Waals surface area contributed by atoms with Crippen LogP contribution in [0.2, 0.25) is 0 Å². The summed E-state index contributed by atoms with van der Waals surface area (Å²) in [7, 11) is 0. The highest BCUT2D eigenvalue weighted by Crippen LogP contribution is 2.24. The summed E-state index contributed by atoms with van der Waals surface area (Å²) in [5.74, 6) is -0.195. The van der Waals surface area contributed by atoms with Crippen LogP contribution in [0.5, 0.6) is 0 Å². The molecule has 6 nitrogen and oxygen atoms in total. The van der Waals surface area contributed by atoms with Crippen LogP contribution in [0.25, 0.3) is 16.9 Å². The Labute approximate surface area is 147 Å². The minimum Gasteiger partial charge on any atom is -0.298 e. The SMILES string of the molecule is O=C(Nc1nc(-c2cccnc2)cs1)c1ccc(-n2cccn2)cc1. The summed E-state index contributed by atoms with van der Waals surface area (Å²) in [6.07, 6.45) is 7.02. The summed E-state index contributed by atoms with van der Waals surface area (Å²) >= 11 is 1.38. The summed E-state index contributed by atoms with van der Waals surface area (Å²) in [5, 5.41) is 9.44. The fourth-order valence-corrected chi connectivity index (χ4v) is 3.05. The zero-order chi connectivity index (χ0) is 17.1. The molecule has 1 amide bonds. The van der Waals surface area contributed by atoms with E-state index in [1.54, 1.807) is 35.4 Å². The van der Waals surface area contributed by atoms with E-state index in [0.717, 1.165) is 16.9 Å². The van der Waals surface area contributed by atoms with Gasteiger partial charge < -0.3 is 0 Å². The Bertz CT molecular complexity index is 978. The first-order valence-corrected chi connectivity index (χ1v) is 8.45. The third kappa shape index (κ3) is 3.31. The third-order valence-corrected chi connectivity index (χ3v) is 4.34. The van der Waals surface area contributed by atoms with Gasteiger partial charge in [-0.25, -0.2) is 9.67 Å². The van der Waals surface area contributed by atoms with Crippen molar-refractivity contribution in [3.63, 3.8) is 0 Å². The van der Waals surface area contributed by atoms with Gasteiger partial charge >= 0.3 is 0 Å². The van der Waals surface area contributed by atoms with Crippen LogP contribution >= 0.6 is 11.3 Å². The highest BCUT2D eigenvalue weighted by Gasteiger charge is 2.10. The monoisotopic (exact) mass is 347 g/mol.